The number of nitrogens with one attached hydrogen (secondary N) is 1. The Balaban J connectivity index is 1.35. The summed E-state index contributed by atoms with van der Waals surface area (Å²) in [5.74, 6) is 2.48. The fourth-order valence-electron chi connectivity index (χ4n) is 9.41. The summed E-state index contributed by atoms with van der Waals surface area (Å²) in [5.41, 5.74) is 0.407. The van der Waals surface area contributed by atoms with Crippen LogP contribution in [-0.2, 0) is 29.5 Å². The number of rotatable bonds is 9. The zero-order valence-corrected chi connectivity index (χ0v) is 23.9. The van der Waals surface area contributed by atoms with Crippen molar-refractivity contribution in [2.75, 3.05) is 12.3 Å². The van der Waals surface area contributed by atoms with Crippen LogP contribution in [0.4, 0.5) is 0 Å². The van der Waals surface area contributed by atoms with Crippen molar-refractivity contribution in [3.05, 3.63) is 0 Å². The lowest BCUT2D eigenvalue weighted by atomic mass is 9.44. The van der Waals surface area contributed by atoms with Crippen molar-refractivity contribution in [1.29, 1.82) is 0 Å². The summed E-state index contributed by atoms with van der Waals surface area (Å²) < 4.78 is 70.5. The molecule has 1 N–H and O–H groups in total. The van der Waals surface area contributed by atoms with E-state index >= 15 is 0 Å². The van der Waals surface area contributed by atoms with Gasteiger partial charge >= 0.3 is 0 Å². The summed E-state index contributed by atoms with van der Waals surface area (Å²) in [6, 6.07) is 0. The highest BCUT2D eigenvalue weighted by molar-refractivity contribution is 7.85. The summed E-state index contributed by atoms with van der Waals surface area (Å²) in [6.45, 7) is 6.96. The summed E-state index contributed by atoms with van der Waals surface area (Å²) in [6.07, 6.45) is 9.72. The van der Waals surface area contributed by atoms with Crippen LogP contribution in [0.5, 0.6) is 0 Å². The molecule has 4 saturated carbocycles. The molecule has 4 rings (SSSR count). The number of hydrogen-bond donors (Lipinski definition) is 1. The third kappa shape index (κ3) is 6.36. The maximum Gasteiger partial charge on any atom is 0.220 e. The molecule has 0 spiro atoms. The van der Waals surface area contributed by atoms with Crippen molar-refractivity contribution < 1.29 is 34.9 Å². The molecule has 0 saturated heterocycles. The van der Waals surface area contributed by atoms with Gasteiger partial charge in [0, 0.05) is 13.0 Å². The Morgan fingerprint density at radius 3 is 2.32 bits per heavy atom. The van der Waals surface area contributed by atoms with E-state index in [1.165, 1.54) is 25.7 Å². The predicted octanol–water partition coefficient (Wildman–Crippen LogP) is 3.57. The van der Waals surface area contributed by atoms with E-state index < -0.39 is 32.4 Å². The van der Waals surface area contributed by atoms with Gasteiger partial charge < -0.3 is 14.4 Å². The van der Waals surface area contributed by atoms with Gasteiger partial charge in [-0.05, 0) is 111 Å². The first-order valence-corrected chi connectivity index (χ1v) is 16.9. The fourth-order valence-corrected chi connectivity index (χ4v) is 10.3. The van der Waals surface area contributed by atoms with Crippen LogP contribution in [0.1, 0.15) is 91.4 Å². The smallest absolute Gasteiger partial charge is 0.220 e. The molecule has 11 heteroatoms. The van der Waals surface area contributed by atoms with Crippen LogP contribution in [0, 0.1) is 46.3 Å². The van der Waals surface area contributed by atoms with Gasteiger partial charge in [0.2, 0.25) is 16.3 Å². The Bertz CT molecular complexity index is 1060. The topological polar surface area (TPSA) is 153 Å². The van der Waals surface area contributed by atoms with Gasteiger partial charge in [-0.25, -0.2) is 16.8 Å². The quantitative estimate of drug-likeness (QED) is 0.331. The summed E-state index contributed by atoms with van der Waals surface area (Å²) in [5, 5.41) is 2.56. The molecule has 4 aliphatic carbocycles. The fraction of sp³-hybridized carbons (Fsp3) is 0.962. The highest BCUT2D eigenvalue weighted by Crippen LogP contribution is 2.68. The Hall–Kier alpha value is -0.750. The molecule has 4 aliphatic rings. The number of hydrogen-bond acceptors (Lipinski definition) is 8. The van der Waals surface area contributed by atoms with E-state index in [1.807, 2.05) is 0 Å². The van der Waals surface area contributed by atoms with Crippen molar-refractivity contribution in [2.45, 2.75) is 97.5 Å². The molecule has 0 radical (unpaired) electrons. The lowest BCUT2D eigenvalue weighted by molar-refractivity contribution is -0.127. The molecule has 9 atom stereocenters. The van der Waals surface area contributed by atoms with Crippen LogP contribution in [0.25, 0.3) is 0 Å². The molecule has 0 aliphatic heterocycles. The second-order valence-electron chi connectivity index (χ2n) is 12.9. The Morgan fingerprint density at radius 1 is 0.973 bits per heavy atom. The number of carbonyl (C=O) groups is 1. The standard InChI is InChI=1S/C26H45NO8S2/c1-17(4-9-24(28)27-14-15-36(29,30)31)21-7-8-22-20-6-5-18-16-19(35-37(32,33)34)10-12-25(18,2)23(20)11-13-26(21,22)3/h17-23H,4-16H2,1-3H3,(H,27,28)(H,29,30,31)(H,32,33,34)/p-2. The van der Waals surface area contributed by atoms with E-state index in [4.69, 9.17) is 4.18 Å². The number of carbonyl (C=O) groups excluding carboxylic acids is 1. The van der Waals surface area contributed by atoms with E-state index in [1.54, 1.807) is 0 Å². The molecule has 4 fully saturated rings. The van der Waals surface area contributed by atoms with Crippen LogP contribution >= 0.6 is 0 Å². The normalized spacial score (nSPS) is 40.8. The highest BCUT2D eigenvalue weighted by Gasteiger charge is 2.60. The number of fused-ring (bicyclic) bond motifs is 5. The van der Waals surface area contributed by atoms with E-state index in [9.17, 15) is 30.7 Å². The van der Waals surface area contributed by atoms with Crippen LogP contribution in [0.3, 0.4) is 0 Å². The molecule has 9 nitrogen and oxygen atoms in total. The van der Waals surface area contributed by atoms with Gasteiger partial charge in [0.25, 0.3) is 0 Å². The molecule has 9 unspecified atom stereocenters. The molecule has 37 heavy (non-hydrogen) atoms. The van der Waals surface area contributed by atoms with Gasteiger partial charge in [0.15, 0.2) is 0 Å². The summed E-state index contributed by atoms with van der Waals surface area (Å²) in [4.78, 5) is 12.2. The lowest BCUT2D eigenvalue weighted by Crippen LogP contribution is -2.54. The minimum absolute atomic E-state index is 0.134. The number of amides is 1. The molecule has 1 amide bonds. The van der Waals surface area contributed by atoms with E-state index in [0.717, 1.165) is 25.7 Å². The highest BCUT2D eigenvalue weighted by atomic mass is 32.3. The van der Waals surface area contributed by atoms with Crippen LogP contribution in [0.15, 0.2) is 0 Å². The molecule has 0 heterocycles. The van der Waals surface area contributed by atoms with E-state index in [2.05, 4.69) is 26.1 Å². The molecule has 0 aromatic heterocycles. The molecule has 0 aromatic carbocycles. The average Bonchev–Trinajstić information content (AvgIpc) is 3.13. The van der Waals surface area contributed by atoms with Gasteiger partial charge in [-0.1, -0.05) is 20.8 Å². The van der Waals surface area contributed by atoms with Gasteiger partial charge in [-0.2, -0.15) is 0 Å². The largest absolute Gasteiger partial charge is 0.748 e. The SMILES string of the molecule is CC(CCC(=O)NCCS(=O)(=O)[O-])C1CCC2C3CCC4CC(OS(=O)(=O)[O-])CCC4(C)C3CCC12C. The predicted molar refractivity (Wildman–Crippen MR) is 136 cm³/mol. The zero-order valence-electron chi connectivity index (χ0n) is 22.3. The zero-order chi connectivity index (χ0) is 27.2. The monoisotopic (exact) mass is 561 g/mol. The third-order valence-electron chi connectivity index (χ3n) is 11.1. The molecular formula is C26H43NO8S2-2. The van der Waals surface area contributed by atoms with E-state index in [0.29, 0.717) is 54.8 Å². The minimum Gasteiger partial charge on any atom is -0.748 e. The van der Waals surface area contributed by atoms with Gasteiger partial charge in [-0.15, -0.1) is 0 Å². The third-order valence-corrected chi connectivity index (χ3v) is 12.3. The second kappa shape index (κ2) is 10.7. The first-order valence-electron chi connectivity index (χ1n) is 14.0. The van der Waals surface area contributed by atoms with Crippen molar-refractivity contribution in [3.63, 3.8) is 0 Å². The Morgan fingerprint density at radius 2 is 1.65 bits per heavy atom. The maximum atomic E-state index is 12.2. The van der Waals surface area contributed by atoms with E-state index in [-0.39, 0.29) is 23.3 Å². The van der Waals surface area contributed by atoms with Crippen LogP contribution < -0.4 is 5.32 Å². The maximum absolute atomic E-state index is 12.2. The summed E-state index contributed by atoms with van der Waals surface area (Å²) >= 11 is 0. The van der Waals surface area contributed by atoms with Crippen molar-refractivity contribution in [2.24, 2.45) is 46.3 Å². The van der Waals surface area contributed by atoms with Crippen LogP contribution in [-0.4, -0.2) is 50.2 Å². The first kappa shape index (κ1) is 29.2. The molecule has 0 aromatic rings. The first-order chi connectivity index (χ1) is 17.1. The Kier molecular flexibility index (Phi) is 8.43. The molecule has 214 valence electrons. The second-order valence-corrected chi connectivity index (χ2v) is 15.4. The minimum atomic E-state index is -4.67. The van der Waals surface area contributed by atoms with Crippen molar-refractivity contribution in [1.82, 2.24) is 5.32 Å². The van der Waals surface area contributed by atoms with Gasteiger partial charge in [-0.3, -0.25) is 8.98 Å². The van der Waals surface area contributed by atoms with Crippen molar-refractivity contribution in [3.8, 4) is 0 Å². The molecule has 0 bridgehead atoms. The molecular weight excluding hydrogens is 518 g/mol. The lowest BCUT2D eigenvalue weighted by Gasteiger charge is -2.61. The van der Waals surface area contributed by atoms with Crippen LogP contribution in [0.2, 0.25) is 0 Å². The Labute approximate surface area is 222 Å². The van der Waals surface area contributed by atoms with Crippen molar-refractivity contribution >= 4 is 26.4 Å². The summed E-state index contributed by atoms with van der Waals surface area (Å²) in [7, 11) is -9.00. The van der Waals surface area contributed by atoms with Gasteiger partial charge in [0.1, 0.15) is 0 Å². The average molecular weight is 562 g/mol. The van der Waals surface area contributed by atoms with Gasteiger partial charge in [0.05, 0.1) is 22.0 Å².